The minimum atomic E-state index is 0. The highest BCUT2D eigenvalue weighted by Gasteiger charge is 2.04. The van der Waals surface area contributed by atoms with Gasteiger partial charge in [0.2, 0.25) is 0 Å². The predicted molar refractivity (Wildman–Crippen MR) is 122 cm³/mol. The van der Waals surface area contributed by atoms with E-state index in [9.17, 15) is 0 Å². The summed E-state index contributed by atoms with van der Waals surface area (Å²) < 4.78 is 7.74. The molecule has 0 aliphatic heterocycles. The number of aryl methyl sites for hydroxylation is 1. The minimum absolute atomic E-state index is 0. The summed E-state index contributed by atoms with van der Waals surface area (Å²) in [6.07, 6.45) is 4.79. The molecule has 0 aliphatic carbocycles. The third-order valence-electron chi connectivity index (χ3n) is 3.83. The summed E-state index contributed by atoms with van der Waals surface area (Å²) in [6, 6.07) is 12.2. The van der Waals surface area contributed by atoms with Crippen LogP contribution >= 0.6 is 24.0 Å². The van der Waals surface area contributed by atoms with Crippen molar-refractivity contribution < 1.29 is 4.74 Å². The minimum Gasteiger partial charge on any atom is -0.376 e. The lowest BCUT2D eigenvalue weighted by Crippen LogP contribution is -2.38. The van der Waals surface area contributed by atoms with E-state index >= 15 is 0 Å². The maximum Gasteiger partial charge on any atom is 0.191 e. The molecule has 2 rings (SSSR count). The molecule has 1 heterocycles. The summed E-state index contributed by atoms with van der Waals surface area (Å²) in [5.74, 6) is 1.24. The van der Waals surface area contributed by atoms with E-state index in [1.165, 1.54) is 5.56 Å². The Labute approximate surface area is 179 Å². The Morgan fingerprint density at radius 1 is 1.22 bits per heavy atom. The quantitative estimate of drug-likeness (QED) is 0.222. The number of aliphatic imine (C=N–C) groups is 1. The number of ether oxygens (including phenoxy) is 1. The summed E-state index contributed by atoms with van der Waals surface area (Å²) in [7, 11) is 0. The Morgan fingerprint density at radius 3 is 2.74 bits per heavy atom. The number of guanidine groups is 1. The third-order valence-corrected chi connectivity index (χ3v) is 3.83. The molecule has 6 nitrogen and oxygen atoms in total. The zero-order valence-corrected chi connectivity index (χ0v) is 18.6. The van der Waals surface area contributed by atoms with E-state index in [0.717, 1.165) is 38.6 Å². The molecule has 1 atom stereocenters. The van der Waals surface area contributed by atoms with Crippen LogP contribution in [0.3, 0.4) is 0 Å². The number of hydrogen-bond acceptors (Lipinski definition) is 3. The van der Waals surface area contributed by atoms with E-state index in [-0.39, 0.29) is 24.0 Å². The summed E-state index contributed by atoms with van der Waals surface area (Å²) >= 11 is 0. The van der Waals surface area contributed by atoms with Crippen molar-refractivity contribution in [3.8, 4) is 0 Å². The van der Waals surface area contributed by atoms with Crippen LogP contribution in [-0.2, 0) is 17.9 Å². The van der Waals surface area contributed by atoms with Gasteiger partial charge in [-0.15, -0.1) is 24.0 Å². The van der Waals surface area contributed by atoms with E-state index in [0.29, 0.717) is 19.1 Å². The van der Waals surface area contributed by atoms with Gasteiger partial charge in [-0.2, -0.15) is 5.10 Å². The van der Waals surface area contributed by atoms with Crippen LogP contribution in [0.15, 0.2) is 53.8 Å². The Balaban J connectivity index is 0.00000364. The molecule has 1 unspecified atom stereocenters. The van der Waals surface area contributed by atoms with Crippen molar-refractivity contribution in [2.45, 2.75) is 33.4 Å². The molecule has 0 saturated carbocycles. The lowest BCUT2D eigenvalue weighted by atomic mass is 10.2. The predicted octanol–water partition coefficient (Wildman–Crippen LogP) is 3.30. The maximum atomic E-state index is 5.79. The fraction of sp³-hybridized carbons (Fsp3) is 0.500. The summed E-state index contributed by atoms with van der Waals surface area (Å²) in [6.45, 7) is 8.96. The van der Waals surface area contributed by atoms with Crippen molar-refractivity contribution in [1.82, 2.24) is 20.4 Å². The molecule has 150 valence electrons. The van der Waals surface area contributed by atoms with E-state index in [1.54, 1.807) is 6.20 Å². The van der Waals surface area contributed by atoms with Gasteiger partial charge < -0.3 is 15.4 Å². The monoisotopic (exact) mass is 485 g/mol. The second kappa shape index (κ2) is 14.4. The molecule has 7 heteroatoms. The number of halogens is 1. The molecule has 0 saturated heterocycles. The van der Waals surface area contributed by atoms with Gasteiger partial charge in [-0.05, 0) is 30.9 Å². The molecule has 0 amide bonds. The van der Waals surface area contributed by atoms with Crippen molar-refractivity contribution in [1.29, 1.82) is 0 Å². The van der Waals surface area contributed by atoms with Gasteiger partial charge in [0.25, 0.3) is 0 Å². The van der Waals surface area contributed by atoms with Gasteiger partial charge in [0, 0.05) is 38.6 Å². The molecule has 2 N–H and O–H groups in total. The van der Waals surface area contributed by atoms with Crippen molar-refractivity contribution in [2.24, 2.45) is 10.9 Å². The number of nitrogens with zero attached hydrogens (tertiary/aromatic N) is 3. The summed E-state index contributed by atoms with van der Waals surface area (Å²) in [5, 5.41) is 10.9. The first-order valence-electron chi connectivity index (χ1n) is 9.39. The Bertz CT molecular complexity index is 619. The molecule has 0 bridgehead atoms. The zero-order valence-electron chi connectivity index (χ0n) is 16.3. The van der Waals surface area contributed by atoms with Crippen LogP contribution in [0.25, 0.3) is 0 Å². The van der Waals surface area contributed by atoms with E-state index in [2.05, 4.69) is 46.7 Å². The normalized spacial score (nSPS) is 12.3. The zero-order chi connectivity index (χ0) is 18.5. The topological polar surface area (TPSA) is 63.5 Å². The molecule has 0 fully saturated rings. The fourth-order valence-corrected chi connectivity index (χ4v) is 2.47. The number of hydrogen-bond donors (Lipinski definition) is 2. The SMILES string of the molecule is CCNC(=NCC(C)COCc1ccccc1)NCCCn1cccn1.I. The fourth-order valence-electron chi connectivity index (χ4n) is 2.47. The van der Waals surface area contributed by atoms with Crippen LogP contribution in [0.4, 0.5) is 0 Å². The van der Waals surface area contributed by atoms with Gasteiger partial charge in [0.1, 0.15) is 0 Å². The highest BCUT2D eigenvalue weighted by molar-refractivity contribution is 14.0. The first-order valence-corrected chi connectivity index (χ1v) is 9.39. The van der Waals surface area contributed by atoms with Crippen molar-refractivity contribution >= 4 is 29.9 Å². The first-order chi connectivity index (χ1) is 12.8. The van der Waals surface area contributed by atoms with Crippen LogP contribution < -0.4 is 10.6 Å². The molecule has 0 aliphatic rings. The average molecular weight is 485 g/mol. The van der Waals surface area contributed by atoms with Gasteiger partial charge in [-0.1, -0.05) is 37.3 Å². The van der Waals surface area contributed by atoms with Crippen LogP contribution in [-0.4, -0.2) is 42.0 Å². The van der Waals surface area contributed by atoms with Crippen molar-refractivity contribution in [2.75, 3.05) is 26.2 Å². The number of nitrogens with one attached hydrogen (secondary N) is 2. The largest absolute Gasteiger partial charge is 0.376 e. The molecule has 2 aromatic rings. The lowest BCUT2D eigenvalue weighted by molar-refractivity contribution is 0.0945. The molecule has 27 heavy (non-hydrogen) atoms. The van der Waals surface area contributed by atoms with Crippen LogP contribution in [0.5, 0.6) is 0 Å². The second-order valence-electron chi connectivity index (χ2n) is 6.37. The van der Waals surface area contributed by atoms with Gasteiger partial charge in [0.05, 0.1) is 13.2 Å². The third kappa shape index (κ3) is 10.3. The maximum absolute atomic E-state index is 5.79. The highest BCUT2D eigenvalue weighted by Crippen LogP contribution is 2.03. The van der Waals surface area contributed by atoms with Gasteiger partial charge in [-0.25, -0.2) is 0 Å². The van der Waals surface area contributed by atoms with Crippen LogP contribution in [0.2, 0.25) is 0 Å². The van der Waals surface area contributed by atoms with E-state index < -0.39 is 0 Å². The van der Waals surface area contributed by atoms with Gasteiger partial charge in [0.15, 0.2) is 5.96 Å². The molecule has 0 spiro atoms. The van der Waals surface area contributed by atoms with Gasteiger partial charge >= 0.3 is 0 Å². The van der Waals surface area contributed by atoms with E-state index in [4.69, 9.17) is 4.74 Å². The average Bonchev–Trinajstić information content (AvgIpc) is 3.17. The van der Waals surface area contributed by atoms with E-state index in [1.807, 2.05) is 35.1 Å². The second-order valence-corrected chi connectivity index (χ2v) is 6.37. The highest BCUT2D eigenvalue weighted by atomic mass is 127. The van der Waals surface area contributed by atoms with Crippen LogP contribution in [0.1, 0.15) is 25.8 Å². The Morgan fingerprint density at radius 2 is 2.04 bits per heavy atom. The molecule has 1 aromatic heterocycles. The Kier molecular flexibility index (Phi) is 12.5. The summed E-state index contributed by atoms with van der Waals surface area (Å²) in [4.78, 5) is 4.67. The Hall–Kier alpha value is -1.61. The van der Waals surface area contributed by atoms with Crippen molar-refractivity contribution in [3.63, 3.8) is 0 Å². The number of benzene rings is 1. The smallest absolute Gasteiger partial charge is 0.191 e. The molecule has 0 radical (unpaired) electrons. The first kappa shape index (κ1) is 23.4. The lowest BCUT2D eigenvalue weighted by Gasteiger charge is -2.14. The number of rotatable bonds is 11. The summed E-state index contributed by atoms with van der Waals surface area (Å²) in [5.41, 5.74) is 1.20. The van der Waals surface area contributed by atoms with Crippen LogP contribution in [0, 0.1) is 5.92 Å². The molecular formula is C20H32IN5O. The molecule has 1 aromatic carbocycles. The molecular weight excluding hydrogens is 453 g/mol. The standard InChI is InChI=1S/C20H31N5O.HI/c1-3-21-20(22-11-7-13-25-14-8-12-24-25)23-15-18(2)16-26-17-19-9-5-4-6-10-19;/h4-6,8-10,12,14,18H,3,7,11,13,15-17H2,1-2H3,(H2,21,22,23);1H. The van der Waals surface area contributed by atoms with Gasteiger partial charge in [-0.3, -0.25) is 9.67 Å². The van der Waals surface area contributed by atoms with Crippen molar-refractivity contribution in [3.05, 3.63) is 54.4 Å². The number of aromatic nitrogens is 2.